The summed E-state index contributed by atoms with van der Waals surface area (Å²) in [4.78, 5) is 29.0. The quantitative estimate of drug-likeness (QED) is 0.225. The lowest BCUT2D eigenvalue weighted by Crippen LogP contribution is -2.53. The molecule has 0 unspecified atom stereocenters. The maximum absolute atomic E-state index is 14.2. The fraction of sp³-hybridized carbons (Fsp3) is 0.355. The SMILES string of the molecule is CC[C@H](C(=O)N[C@@H](C)CC)N(Cc1ccc(Cl)cc1Cl)C(=O)CN(c1ccc(C)c(C)c1)S(=O)(=O)c1ccc(Cl)cc1. The lowest BCUT2D eigenvalue weighted by molar-refractivity contribution is -0.140. The van der Waals surface area contributed by atoms with Crippen LogP contribution < -0.4 is 9.62 Å². The van der Waals surface area contributed by atoms with Crippen molar-refractivity contribution in [3.05, 3.63) is 92.4 Å². The standard InChI is InChI=1S/C31H36Cl3N3O4S/c1-6-22(5)35-31(39)29(7-2)36(18-23-9-10-25(33)17-28(23)34)30(38)19-37(26-13-8-20(3)21(4)16-26)42(40,41)27-14-11-24(32)12-15-27/h8-17,22,29H,6-7,18-19H2,1-5H3,(H,35,39)/t22-,29+/m0/s1. The highest BCUT2D eigenvalue weighted by Crippen LogP contribution is 2.28. The summed E-state index contributed by atoms with van der Waals surface area (Å²) >= 11 is 18.6. The van der Waals surface area contributed by atoms with E-state index in [0.29, 0.717) is 39.2 Å². The third-order valence-corrected chi connectivity index (χ3v) is 9.83. The lowest BCUT2D eigenvalue weighted by Gasteiger charge is -2.34. The van der Waals surface area contributed by atoms with Gasteiger partial charge in [-0.1, -0.05) is 60.8 Å². The number of sulfonamides is 1. The maximum atomic E-state index is 14.2. The molecule has 0 saturated carbocycles. The number of hydrogen-bond acceptors (Lipinski definition) is 4. The van der Waals surface area contributed by atoms with Crippen molar-refractivity contribution in [2.75, 3.05) is 10.8 Å². The van der Waals surface area contributed by atoms with Crippen LogP contribution in [0.5, 0.6) is 0 Å². The fourth-order valence-corrected chi connectivity index (χ4v) is 6.34. The van der Waals surface area contributed by atoms with Crippen LogP contribution in [-0.2, 0) is 26.2 Å². The third kappa shape index (κ3) is 8.19. The van der Waals surface area contributed by atoms with Crippen LogP contribution in [0.1, 0.15) is 50.3 Å². The molecule has 0 radical (unpaired) electrons. The molecule has 0 saturated heterocycles. The molecule has 0 bridgehead atoms. The van der Waals surface area contributed by atoms with Crippen LogP contribution >= 0.6 is 34.8 Å². The molecule has 0 aliphatic heterocycles. The largest absolute Gasteiger partial charge is 0.352 e. The highest BCUT2D eigenvalue weighted by atomic mass is 35.5. The molecular weight excluding hydrogens is 617 g/mol. The zero-order chi connectivity index (χ0) is 31.2. The molecule has 0 spiro atoms. The van der Waals surface area contributed by atoms with Gasteiger partial charge >= 0.3 is 0 Å². The molecule has 11 heteroatoms. The van der Waals surface area contributed by atoms with Gasteiger partial charge in [0.1, 0.15) is 12.6 Å². The minimum Gasteiger partial charge on any atom is -0.352 e. The van der Waals surface area contributed by atoms with Crippen LogP contribution in [0.3, 0.4) is 0 Å². The van der Waals surface area contributed by atoms with Crippen molar-refractivity contribution in [1.29, 1.82) is 0 Å². The van der Waals surface area contributed by atoms with Crippen LogP contribution in [0.25, 0.3) is 0 Å². The number of nitrogens with one attached hydrogen (secondary N) is 1. The molecule has 0 heterocycles. The Bertz CT molecular complexity index is 1530. The maximum Gasteiger partial charge on any atom is 0.264 e. The van der Waals surface area contributed by atoms with Crippen LogP contribution in [-0.4, -0.2) is 43.8 Å². The van der Waals surface area contributed by atoms with E-state index in [1.54, 1.807) is 43.3 Å². The molecule has 3 aromatic rings. The zero-order valence-corrected chi connectivity index (χ0v) is 27.4. The molecule has 226 valence electrons. The number of aryl methyl sites for hydroxylation is 2. The number of amides is 2. The second-order valence-electron chi connectivity index (χ2n) is 10.2. The summed E-state index contributed by atoms with van der Waals surface area (Å²) in [5.74, 6) is -0.897. The number of nitrogens with zero attached hydrogens (tertiary/aromatic N) is 2. The van der Waals surface area contributed by atoms with Gasteiger partial charge in [0, 0.05) is 27.7 Å². The Morgan fingerprint density at radius 2 is 1.50 bits per heavy atom. The number of hydrogen-bond donors (Lipinski definition) is 1. The fourth-order valence-electron chi connectivity index (χ4n) is 4.34. The van der Waals surface area contributed by atoms with Gasteiger partial charge in [-0.15, -0.1) is 0 Å². The van der Waals surface area contributed by atoms with Gasteiger partial charge in [-0.25, -0.2) is 8.42 Å². The Hall–Kier alpha value is -2.78. The van der Waals surface area contributed by atoms with Crippen LogP contribution in [0.2, 0.25) is 15.1 Å². The number of carbonyl (C=O) groups excluding carboxylic acids is 2. The first-order chi connectivity index (χ1) is 19.8. The van der Waals surface area contributed by atoms with E-state index in [4.69, 9.17) is 34.8 Å². The topological polar surface area (TPSA) is 86.8 Å². The first-order valence-corrected chi connectivity index (χ1v) is 16.2. The van der Waals surface area contributed by atoms with E-state index >= 15 is 0 Å². The van der Waals surface area contributed by atoms with E-state index in [-0.39, 0.29) is 23.4 Å². The Kier molecular flexibility index (Phi) is 11.7. The van der Waals surface area contributed by atoms with Gasteiger partial charge in [0.25, 0.3) is 10.0 Å². The highest BCUT2D eigenvalue weighted by Gasteiger charge is 2.34. The summed E-state index contributed by atoms with van der Waals surface area (Å²) in [6, 6.07) is 14.9. The molecule has 0 fully saturated rings. The highest BCUT2D eigenvalue weighted by molar-refractivity contribution is 7.92. The second kappa shape index (κ2) is 14.6. The minimum atomic E-state index is -4.21. The molecule has 1 N–H and O–H groups in total. The van der Waals surface area contributed by atoms with Crippen LogP contribution in [0, 0.1) is 13.8 Å². The van der Waals surface area contributed by atoms with Gasteiger partial charge in [0.05, 0.1) is 10.6 Å². The average Bonchev–Trinajstić information content (AvgIpc) is 2.94. The molecule has 0 aromatic heterocycles. The number of anilines is 1. The molecule has 0 aliphatic rings. The number of rotatable bonds is 12. The van der Waals surface area contributed by atoms with Gasteiger partial charge in [-0.2, -0.15) is 0 Å². The molecule has 2 atom stereocenters. The van der Waals surface area contributed by atoms with Gasteiger partial charge in [-0.3, -0.25) is 13.9 Å². The Morgan fingerprint density at radius 3 is 2.07 bits per heavy atom. The Balaban J connectivity index is 2.11. The summed E-state index contributed by atoms with van der Waals surface area (Å²) in [7, 11) is -4.21. The molecule has 3 rings (SSSR count). The first-order valence-electron chi connectivity index (χ1n) is 13.7. The monoisotopic (exact) mass is 651 g/mol. The van der Waals surface area contributed by atoms with Crippen molar-refractivity contribution in [2.24, 2.45) is 0 Å². The van der Waals surface area contributed by atoms with Crippen LogP contribution in [0.15, 0.2) is 65.6 Å². The molecule has 2 amide bonds. The van der Waals surface area contributed by atoms with Crippen molar-refractivity contribution in [2.45, 2.75) is 71.0 Å². The van der Waals surface area contributed by atoms with Gasteiger partial charge in [0.15, 0.2) is 0 Å². The van der Waals surface area contributed by atoms with E-state index in [1.807, 2.05) is 27.7 Å². The Labute approximate surface area is 263 Å². The summed E-state index contributed by atoms with van der Waals surface area (Å²) in [6.45, 7) is 8.85. The smallest absolute Gasteiger partial charge is 0.264 e. The van der Waals surface area contributed by atoms with E-state index < -0.39 is 28.5 Å². The molecule has 0 aliphatic carbocycles. The van der Waals surface area contributed by atoms with Crippen molar-refractivity contribution >= 4 is 62.3 Å². The predicted octanol–water partition coefficient (Wildman–Crippen LogP) is 7.18. The summed E-state index contributed by atoms with van der Waals surface area (Å²) in [5, 5.41) is 4.10. The van der Waals surface area contributed by atoms with E-state index in [0.717, 1.165) is 15.4 Å². The van der Waals surface area contributed by atoms with Gasteiger partial charge in [-0.05, 0) is 98.8 Å². The zero-order valence-electron chi connectivity index (χ0n) is 24.3. The van der Waals surface area contributed by atoms with E-state index in [9.17, 15) is 18.0 Å². The third-order valence-electron chi connectivity index (χ3n) is 7.20. The van der Waals surface area contributed by atoms with Gasteiger partial charge in [0.2, 0.25) is 11.8 Å². The van der Waals surface area contributed by atoms with Gasteiger partial charge < -0.3 is 10.2 Å². The van der Waals surface area contributed by atoms with Crippen molar-refractivity contribution in [3.8, 4) is 0 Å². The predicted molar refractivity (Wildman–Crippen MR) is 171 cm³/mol. The van der Waals surface area contributed by atoms with E-state index in [2.05, 4.69) is 5.32 Å². The normalized spacial score (nSPS) is 12.9. The number of halogens is 3. The number of benzene rings is 3. The molecule has 7 nitrogen and oxygen atoms in total. The summed E-state index contributed by atoms with van der Waals surface area (Å²) in [5.41, 5.74) is 2.73. The molecular formula is C31H36Cl3N3O4S. The Morgan fingerprint density at radius 1 is 0.857 bits per heavy atom. The summed E-state index contributed by atoms with van der Waals surface area (Å²) in [6.07, 6.45) is 1.01. The second-order valence-corrected chi connectivity index (χ2v) is 13.4. The molecule has 42 heavy (non-hydrogen) atoms. The van der Waals surface area contributed by atoms with Crippen LogP contribution in [0.4, 0.5) is 5.69 Å². The van der Waals surface area contributed by atoms with Crippen molar-refractivity contribution < 1.29 is 18.0 Å². The van der Waals surface area contributed by atoms with Crippen molar-refractivity contribution in [1.82, 2.24) is 10.2 Å². The number of carbonyl (C=O) groups is 2. The first kappa shape index (κ1) is 33.7. The summed E-state index contributed by atoms with van der Waals surface area (Å²) < 4.78 is 29.1. The molecule has 3 aromatic carbocycles. The average molecular weight is 653 g/mol. The van der Waals surface area contributed by atoms with E-state index in [1.165, 1.54) is 29.2 Å². The van der Waals surface area contributed by atoms with Crippen molar-refractivity contribution in [3.63, 3.8) is 0 Å². The minimum absolute atomic E-state index is 0.0215. The lowest BCUT2D eigenvalue weighted by atomic mass is 10.1.